The van der Waals surface area contributed by atoms with E-state index in [1.807, 2.05) is 0 Å². The molecule has 1 heterocycles. The summed E-state index contributed by atoms with van der Waals surface area (Å²) in [4.78, 5) is 0. The van der Waals surface area contributed by atoms with Crippen LogP contribution in [0.1, 0.15) is 52.9 Å². The van der Waals surface area contributed by atoms with E-state index in [0.29, 0.717) is 5.54 Å². The Hall–Kier alpha value is -0.300. The normalized spacial score (nSPS) is 27.1. The molecular weight excluding hydrogens is 170 g/mol. The van der Waals surface area contributed by atoms with Gasteiger partial charge < -0.3 is 5.32 Å². The van der Waals surface area contributed by atoms with Crippen molar-refractivity contribution in [3.63, 3.8) is 0 Å². The second kappa shape index (κ2) is 4.97. The van der Waals surface area contributed by atoms with Crippen molar-refractivity contribution in [2.75, 3.05) is 6.54 Å². The third kappa shape index (κ3) is 3.13. The van der Waals surface area contributed by atoms with E-state index in [1.165, 1.54) is 37.8 Å². The monoisotopic (exact) mass is 195 g/mol. The van der Waals surface area contributed by atoms with E-state index < -0.39 is 0 Å². The van der Waals surface area contributed by atoms with E-state index in [9.17, 15) is 0 Å². The molecule has 1 unspecified atom stereocenters. The zero-order chi connectivity index (χ0) is 10.6. The number of hydrogen-bond acceptors (Lipinski definition) is 1. The van der Waals surface area contributed by atoms with Crippen LogP contribution in [0.4, 0.5) is 0 Å². The van der Waals surface area contributed by atoms with Gasteiger partial charge in [-0.25, -0.2) is 0 Å². The SMILES string of the molecule is C=C(CC)CC1(CC(C)C)CCCN1. The molecule has 1 N–H and O–H groups in total. The molecule has 0 aromatic carbocycles. The lowest BCUT2D eigenvalue weighted by Crippen LogP contribution is -2.41. The van der Waals surface area contributed by atoms with E-state index in [0.717, 1.165) is 12.3 Å². The highest BCUT2D eigenvalue weighted by molar-refractivity contribution is 5.06. The molecule has 0 aromatic heterocycles. The molecule has 0 bridgehead atoms. The Balaban J connectivity index is 2.57. The van der Waals surface area contributed by atoms with Crippen molar-refractivity contribution in [2.45, 2.75) is 58.4 Å². The summed E-state index contributed by atoms with van der Waals surface area (Å²) >= 11 is 0. The van der Waals surface area contributed by atoms with Gasteiger partial charge in [0.05, 0.1) is 0 Å². The Kier molecular flexibility index (Phi) is 4.18. The molecule has 0 amide bonds. The van der Waals surface area contributed by atoms with Crippen molar-refractivity contribution >= 4 is 0 Å². The molecule has 1 nitrogen and oxygen atoms in total. The van der Waals surface area contributed by atoms with Gasteiger partial charge in [0.1, 0.15) is 0 Å². The third-order valence-electron chi connectivity index (χ3n) is 3.22. The minimum absolute atomic E-state index is 0.390. The summed E-state index contributed by atoms with van der Waals surface area (Å²) in [6.07, 6.45) is 6.28. The first-order chi connectivity index (χ1) is 6.58. The first-order valence-electron chi connectivity index (χ1n) is 5.99. The molecule has 0 radical (unpaired) electrons. The standard InChI is InChI=1S/C13H25N/c1-5-12(4)10-13(9-11(2)3)7-6-8-14-13/h11,14H,4-10H2,1-3H3. The van der Waals surface area contributed by atoms with Gasteiger partial charge in [-0.05, 0) is 44.6 Å². The fourth-order valence-electron chi connectivity index (χ4n) is 2.65. The van der Waals surface area contributed by atoms with Gasteiger partial charge in [-0.1, -0.05) is 32.9 Å². The van der Waals surface area contributed by atoms with E-state index in [2.05, 4.69) is 32.7 Å². The highest BCUT2D eigenvalue weighted by Crippen LogP contribution is 2.33. The van der Waals surface area contributed by atoms with Crippen LogP contribution in [-0.4, -0.2) is 12.1 Å². The van der Waals surface area contributed by atoms with Crippen LogP contribution in [0.15, 0.2) is 12.2 Å². The lowest BCUT2D eigenvalue weighted by Gasteiger charge is -2.32. The summed E-state index contributed by atoms with van der Waals surface area (Å²) in [5, 5.41) is 3.71. The maximum atomic E-state index is 4.15. The zero-order valence-electron chi connectivity index (χ0n) is 10.0. The van der Waals surface area contributed by atoms with Crippen LogP contribution < -0.4 is 5.32 Å². The molecule has 1 aliphatic rings. The summed E-state index contributed by atoms with van der Waals surface area (Å²) in [6, 6.07) is 0. The average Bonchev–Trinajstić information content (AvgIpc) is 2.51. The Morgan fingerprint density at radius 3 is 2.64 bits per heavy atom. The Bertz CT molecular complexity index is 187. The summed E-state index contributed by atoms with van der Waals surface area (Å²) in [6.45, 7) is 12.2. The van der Waals surface area contributed by atoms with Crippen LogP contribution >= 0.6 is 0 Å². The second-order valence-corrected chi connectivity index (χ2v) is 5.19. The van der Waals surface area contributed by atoms with Gasteiger partial charge in [0, 0.05) is 5.54 Å². The fraction of sp³-hybridized carbons (Fsp3) is 0.846. The van der Waals surface area contributed by atoms with Crippen molar-refractivity contribution in [3.05, 3.63) is 12.2 Å². The Morgan fingerprint density at radius 1 is 1.50 bits per heavy atom. The zero-order valence-corrected chi connectivity index (χ0v) is 10.0. The third-order valence-corrected chi connectivity index (χ3v) is 3.22. The fourth-order valence-corrected chi connectivity index (χ4v) is 2.65. The predicted molar refractivity (Wildman–Crippen MR) is 63.5 cm³/mol. The van der Waals surface area contributed by atoms with Crippen molar-refractivity contribution in [1.29, 1.82) is 0 Å². The van der Waals surface area contributed by atoms with Crippen LogP contribution in [-0.2, 0) is 0 Å². The number of nitrogens with one attached hydrogen (secondary N) is 1. The Labute approximate surface area is 89.0 Å². The molecule has 1 fully saturated rings. The van der Waals surface area contributed by atoms with Crippen LogP contribution in [0.5, 0.6) is 0 Å². The van der Waals surface area contributed by atoms with E-state index in [1.54, 1.807) is 0 Å². The molecule has 0 aliphatic carbocycles. The van der Waals surface area contributed by atoms with Gasteiger partial charge in [-0.3, -0.25) is 0 Å². The second-order valence-electron chi connectivity index (χ2n) is 5.19. The van der Waals surface area contributed by atoms with E-state index >= 15 is 0 Å². The quantitative estimate of drug-likeness (QED) is 0.662. The first kappa shape index (κ1) is 11.8. The summed E-state index contributed by atoms with van der Waals surface area (Å²) in [5.41, 5.74) is 1.79. The predicted octanol–water partition coefficient (Wildman–Crippen LogP) is 3.51. The van der Waals surface area contributed by atoms with Gasteiger partial charge >= 0.3 is 0 Å². The van der Waals surface area contributed by atoms with Crippen molar-refractivity contribution in [2.24, 2.45) is 5.92 Å². The number of hydrogen-bond donors (Lipinski definition) is 1. The van der Waals surface area contributed by atoms with Crippen molar-refractivity contribution in [3.8, 4) is 0 Å². The molecule has 1 saturated heterocycles. The molecule has 14 heavy (non-hydrogen) atoms. The van der Waals surface area contributed by atoms with E-state index in [-0.39, 0.29) is 0 Å². The maximum absolute atomic E-state index is 4.15. The maximum Gasteiger partial charge on any atom is 0.0221 e. The smallest absolute Gasteiger partial charge is 0.0221 e. The summed E-state index contributed by atoms with van der Waals surface area (Å²) in [5.74, 6) is 0.783. The molecule has 1 atom stereocenters. The molecule has 1 aliphatic heterocycles. The summed E-state index contributed by atoms with van der Waals surface area (Å²) in [7, 11) is 0. The number of rotatable bonds is 5. The molecule has 82 valence electrons. The molecular formula is C13H25N. The topological polar surface area (TPSA) is 12.0 Å². The lowest BCUT2D eigenvalue weighted by molar-refractivity contribution is 0.299. The van der Waals surface area contributed by atoms with Crippen molar-refractivity contribution < 1.29 is 0 Å². The van der Waals surface area contributed by atoms with Gasteiger partial charge in [0.2, 0.25) is 0 Å². The van der Waals surface area contributed by atoms with Crippen LogP contribution in [0, 0.1) is 5.92 Å². The molecule has 0 saturated carbocycles. The van der Waals surface area contributed by atoms with Crippen LogP contribution in [0.3, 0.4) is 0 Å². The molecule has 0 spiro atoms. The van der Waals surface area contributed by atoms with Gasteiger partial charge in [0.15, 0.2) is 0 Å². The van der Waals surface area contributed by atoms with Gasteiger partial charge in [0.25, 0.3) is 0 Å². The van der Waals surface area contributed by atoms with Crippen LogP contribution in [0.2, 0.25) is 0 Å². The van der Waals surface area contributed by atoms with Crippen LogP contribution in [0.25, 0.3) is 0 Å². The highest BCUT2D eigenvalue weighted by atomic mass is 15.0. The van der Waals surface area contributed by atoms with Gasteiger partial charge in [-0.15, -0.1) is 0 Å². The molecule has 1 heteroatoms. The lowest BCUT2D eigenvalue weighted by atomic mass is 9.82. The van der Waals surface area contributed by atoms with Crippen molar-refractivity contribution in [1.82, 2.24) is 5.32 Å². The summed E-state index contributed by atoms with van der Waals surface area (Å²) < 4.78 is 0. The minimum Gasteiger partial charge on any atom is -0.311 e. The Morgan fingerprint density at radius 2 is 2.21 bits per heavy atom. The largest absolute Gasteiger partial charge is 0.311 e. The minimum atomic E-state index is 0.390. The van der Waals surface area contributed by atoms with Gasteiger partial charge in [-0.2, -0.15) is 0 Å². The van der Waals surface area contributed by atoms with E-state index in [4.69, 9.17) is 0 Å². The average molecular weight is 195 g/mol. The molecule has 0 aromatic rings. The first-order valence-corrected chi connectivity index (χ1v) is 5.99. The highest BCUT2D eigenvalue weighted by Gasteiger charge is 2.33. The molecule has 1 rings (SSSR count).